The number of aromatic nitrogens is 3. The fourth-order valence-corrected chi connectivity index (χ4v) is 3.50. The Hall–Kier alpha value is -3.65. The van der Waals surface area contributed by atoms with Crippen molar-refractivity contribution in [1.29, 1.82) is 0 Å². The Morgan fingerprint density at radius 1 is 1.03 bits per heavy atom. The normalized spacial score (nSPS) is 10.9. The number of hydrogen-bond donors (Lipinski definition) is 0. The highest BCUT2D eigenvalue weighted by Crippen LogP contribution is 2.36. The Labute approximate surface area is 189 Å². The van der Waals surface area contributed by atoms with Gasteiger partial charge in [-0.3, -0.25) is 4.79 Å². The van der Waals surface area contributed by atoms with E-state index in [1.54, 1.807) is 57.5 Å². The number of rotatable bonds is 8. The van der Waals surface area contributed by atoms with Crippen molar-refractivity contribution in [2.24, 2.45) is 0 Å². The highest BCUT2D eigenvalue weighted by Gasteiger charge is 2.15. The topological polar surface area (TPSA) is 96.6 Å². The number of benzene rings is 2. The van der Waals surface area contributed by atoms with E-state index in [0.717, 1.165) is 0 Å². The summed E-state index contributed by atoms with van der Waals surface area (Å²) in [4.78, 5) is 20.9. The van der Waals surface area contributed by atoms with E-state index in [1.165, 1.54) is 6.33 Å². The van der Waals surface area contributed by atoms with E-state index in [1.807, 2.05) is 0 Å². The van der Waals surface area contributed by atoms with Crippen LogP contribution in [0.15, 0.2) is 47.2 Å². The fourth-order valence-electron chi connectivity index (χ4n) is 3.27. The third-order valence-corrected chi connectivity index (χ3v) is 5.14. The van der Waals surface area contributed by atoms with E-state index in [-0.39, 0.29) is 18.6 Å². The van der Waals surface area contributed by atoms with Gasteiger partial charge >= 0.3 is 0 Å². The van der Waals surface area contributed by atoms with Crippen LogP contribution in [0.2, 0.25) is 5.02 Å². The van der Waals surface area contributed by atoms with Gasteiger partial charge in [0, 0.05) is 23.6 Å². The van der Waals surface area contributed by atoms with Crippen LogP contribution in [0.5, 0.6) is 23.1 Å². The summed E-state index contributed by atoms with van der Waals surface area (Å²) >= 11 is 6.42. The molecule has 0 radical (unpaired) electrons. The maximum absolute atomic E-state index is 12.4. The van der Waals surface area contributed by atoms with E-state index in [9.17, 15) is 4.79 Å². The molecule has 0 spiro atoms. The van der Waals surface area contributed by atoms with Gasteiger partial charge in [-0.05, 0) is 30.7 Å². The molecule has 0 amide bonds. The maximum atomic E-state index is 12.4. The smallest absolute Gasteiger partial charge is 0.230 e. The van der Waals surface area contributed by atoms with Crippen LogP contribution in [0, 0.1) is 6.92 Å². The van der Waals surface area contributed by atoms with Gasteiger partial charge in [-0.25, -0.2) is 9.97 Å². The SMILES string of the molecule is COc1cc2ncnc(Oc3ccc(CC(=O)Cc4cc(C)on4)c(Cl)c3)c2cc1OC. The minimum Gasteiger partial charge on any atom is -0.493 e. The number of aryl methyl sites for hydroxylation is 1. The maximum Gasteiger partial charge on any atom is 0.230 e. The van der Waals surface area contributed by atoms with Crippen LogP contribution in [-0.2, 0) is 17.6 Å². The minimum atomic E-state index is -0.0169. The van der Waals surface area contributed by atoms with Gasteiger partial charge < -0.3 is 18.7 Å². The zero-order chi connectivity index (χ0) is 22.7. The average molecular weight is 454 g/mol. The molecular weight excluding hydrogens is 434 g/mol. The monoisotopic (exact) mass is 453 g/mol. The van der Waals surface area contributed by atoms with E-state index in [0.29, 0.717) is 56.1 Å². The first kappa shape index (κ1) is 21.6. The third kappa shape index (κ3) is 4.65. The molecule has 8 nitrogen and oxygen atoms in total. The van der Waals surface area contributed by atoms with Gasteiger partial charge in [0.05, 0.1) is 37.2 Å². The van der Waals surface area contributed by atoms with Crippen molar-refractivity contribution in [3.8, 4) is 23.1 Å². The fraction of sp³-hybridized carbons (Fsp3) is 0.217. The van der Waals surface area contributed by atoms with Crippen LogP contribution < -0.4 is 14.2 Å². The van der Waals surface area contributed by atoms with Crippen LogP contribution in [0.3, 0.4) is 0 Å². The molecule has 9 heteroatoms. The standard InChI is InChI=1S/C23H20ClN3O5/c1-13-6-15(27-32-13)8-16(28)7-14-4-5-17(9-19(14)24)31-23-18-10-21(29-2)22(30-3)11-20(18)25-12-26-23/h4-6,9-12H,7-8H2,1-3H3. The molecule has 0 saturated carbocycles. The third-order valence-electron chi connectivity index (χ3n) is 4.79. The average Bonchev–Trinajstić information content (AvgIpc) is 3.19. The molecule has 2 heterocycles. The van der Waals surface area contributed by atoms with E-state index in [2.05, 4.69) is 15.1 Å². The van der Waals surface area contributed by atoms with Crippen LogP contribution in [0.25, 0.3) is 10.9 Å². The number of halogens is 1. The highest BCUT2D eigenvalue weighted by atomic mass is 35.5. The number of carbonyl (C=O) groups excluding carboxylic acids is 1. The summed E-state index contributed by atoms with van der Waals surface area (Å²) in [6.45, 7) is 1.78. The number of carbonyl (C=O) groups is 1. The summed E-state index contributed by atoms with van der Waals surface area (Å²) in [7, 11) is 3.11. The number of fused-ring (bicyclic) bond motifs is 1. The zero-order valence-electron chi connectivity index (χ0n) is 17.7. The van der Waals surface area contributed by atoms with Crippen molar-refractivity contribution >= 4 is 28.3 Å². The van der Waals surface area contributed by atoms with Crippen LogP contribution >= 0.6 is 11.6 Å². The second-order valence-corrected chi connectivity index (χ2v) is 7.49. The van der Waals surface area contributed by atoms with E-state index < -0.39 is 0 Å². The predicted octanol–water partition coefficient (Wildman–Crippen LogP) is 4.74. The molecule has 32 heavy (non-hydrogen) atoms. The number of nitrogens with zero attached hydrogens (tertiary/aromatic N) is 3. The lowest BCUT2D eigenvalue weighted by Crippen LogP contribution is -2.07. The van der Waals surface area contributed by atoms with Crippen LogP contribution in [0.4, 0.5) is 0 Å². The molecule has 164 valence electrons. The molecule has 0 unspecified atom stereocenters. The van der Waals surface area contributed by atoms with Gasteiger partial charge in [0.1, 0.15) is 23.6 Å². The summed E-state index contributed by atoms with van der Waals surface area (Å²) in [5.74, 6) is 2.57. The summed E-state index contributed by atoms with van der Waals surface area (Å²) in [6.07, 6.45) is 1.77. The number of ether oxygens (including phenoxy) is 3. The van der Waals surface area contributed by atoms with Gasteiger partial charge in [0.2, 0.25) is 5.88 Å². The molecule has 0 N–H and O–H groups in total. The molecule has 4 aromatic rings. The van der Waals surface area contributed by atoms with Gasteiger partial charge in [-0.1, -0.05) is 22.8 Å². The first-order valence-corrected chi connectivity index (χ1v) is 10.1. The van der Waals surface area contributed by atoms with Gasteiger partial charge in [-0.15, -0.1) is 0 Å². The molecular formula is C23H20ClN3O5. The van der Waals surface area contributed by atoms with Gasteiger partial charge in [0.15, 0.2) is 11.5 Å². The quantitative estimate of drug-likeness (QED) is 0.377. The van der Waals surface area contributed by atoms with Crippen molar-refractivity contribution in [2.45, 2.75) is 19.8 Å². The first-order valence-electron chi connectivity index (χ1n) is 9.73. The van der Waals surface area contributed by atoms with Crippen molar-refractivity contribution in [3.63, 3.8) is 0 Å². The lowest BCUT2D eigenvalue weighted by molar-refractivity contribution is -0.117. The van der Waals surface area contributed by atoms with Crippen molar-refractivity contribution in [3.05, 3.63) is 64.8 Å². The Kier molecular flexibility index (Phi) is 6.23. The lowest BCUT2D eigenvalue weighted by Gasteiger charge is -2.12. The molecule has 2 aromatic heterocycles. The minimum absolute atomic E-state index is 0.0169. The van der Waals surface area contributed by atoms with Crippen LogP contribution in [-0.4, -0.2) is 35.1 Å². The predicted molar refractivity (Wildman–Crippen MR) is 118 cm³/mol. The van der Waals surface area contributed by atoms with Crippen molar-refractivity contribution < 1.29 is 23.5 Å². The molecule has 0 atom stereocenters. The van der Waals surface area contributed by atoms with Gasteiger partial charge in [0.25, 0.3) is 0 Å². The zero-order valence-corrected chi connectivity index (χ0v) is 18.5. The molecule has 0 aliphatic rings. The largest absolute Gasteiger partial charge is 0.493 e. The van der Waals surface area contributed by atoms with E-state index >= 15 is 0 Å². The Morgan fingerprint density at radius 2 is 1.81 bits per heavy atom. The second-order valence-electron chi connectivity index (χ2n) is 7.08. The molecule has 0 saturated heterocycles. The summed E-state index contributed by atoms with van der Waals surface area (Å²) in [6, 6.07) is 10.4. The van der Waals surface area contributed by atoms with E-state index in [4.69, 9.17) is 30.3 Å². The molecule has 0 fully saturated rings. The number of Topliss-reactive ketones (excluding diaryl/α,β-unsaturated/α-hetero) is 1. The van der Waals surface area contributed by atoms with Crippen LogP contribution in [0.1, 0.15) is 17.0 Å². The Balaban J connectivity index is 1.53. The van der Waals surface area contributed by atoms with Crippen molar-refractivity contribution in [1.82, 2.24) is 15.1 Å². The summed E-state index contributed by atoms with van der Waals surface area (Å²) in [5.41, 5.74) is 1.94. The summed E-state index contributed by atoms with van der Waals surface area (Å²) in [5, 5.41) is 4.93. The molecule has 0 aliphatic carbocycles. The molecule has 4 rings (SSSR count). The number of methoxy groups -OCH3 is 2. The lowest BCUT2D eigenvalue weighted by atomic mass is 10.1. The Morgan fingerprint density at radius 3 is 2.50 bits per heavy atom. The van der Waals surface area contributed by atoms with Gasteiger partial charge in [-0.2, -0.15) is 0 Å². The molecule has 0 bridgehead atoms. The first-order chi connectivity index (χ1) is 15.5. The highest BCUT2D eigenvalue weighted by molar-refractivity contribution is 6.31. The Bertz CT molecular complexity index is 1290. The number of ketones is 1. The molecule has 0 aliphatic heterocycles. The second kappa shape index (κ2) is 9.23. The number of hydrogen-bond acceptors (Lipinski definition) is 8. The summed E-state index contributed by atoms with van der Waals surface area (Å²) < 4.78 is 21.7. The molecule has 2 aromatic carbocycles. The van der Waals surface area contributed by atoms with Crippen molar-refractivity contribution in [2.75, 3.05) is 14.2 Å².